The van der Waals surface area contributed by atoms with Gasteiger partial charge in [-0.2, -0.15) is 0 Å². The first-order valence-corrected chi connectivity index (χ1v) is 11.6. The van der Waals surface area contributed by atoms with Crippen molar-refractivity contribution in [3.63, 3.8) is 0 Å². The molecule has 9 heteroatoms. The van der Waals surface area contributed by atoms with Gasteiger partial charge in [-0.05, 0) is 37.3 Å². The Hall–Kier alpha value is -2.84. The van der Waals surface area contributed by atoms with E-state index in [-0.39, 0.29) is 48.1 Å². The number of benzene rings is 1. The maximum absolute atomic E-state index is 14.1. The molecule has 1 aliphatic carbocycles. The average molecular weight is 446 g/mol. The maximum atomic E-state index is 14.1. The number of urea groups is 1. The third kappa shape index (κ3) is 4.81. The molecule has 3 aliphatic rings. The molecule has 1 aromatic carbocycles. The fourth-order valence-electron chi connectivity index (χ4n) is 5.11. The fraction of sp³-hybridized carbons (Fsp3) is 0.609. The van der Waals surface area contributed by atoms with Crippen molar-refractivity contribution in [2.75, 3.05) is 50.7 Å². The quantitative estimate of drug-likeness (QED) is 0.734. The van der Waals surface area contributed by atoms with Crippen LogP contribution < -0.4 is 15.5 Å². The zero-order valence-corrected chi connectivity index (χ0v) is 18.6. The molecule has 3 atom stereocenters. The van der Waals surface area contributed by atoms with E-state index in [9.17, 15) is 18.8 Å². The lowest BCUT2D eigenvalue weighted by Gasteiger charge is -2.37. The van der Waals surface area contributed by atoms with Gasteiger partial charge in [-0.3, -0.25) is 9.59 Å². The molecule has 2 saturated heterocycles. The van der Waals surface area contributed by atoms with Gasteiger partial charge < -0.3 is 25.3 Å². The van der Waals surface area contributed by atoms with Gasteiger partial charge in [0.25, 0.3) is 0 Å². The number of amides is 4. The number of para-hydroxylation sites is 1. The molecule has 8 nitrogen and oxygen atoms in total. The molecule has 1 saturated carbocycles. The van der Waals surface area contributed by atoms with Crippen LogP contribution in [0.4, 0.5) is 14.9 Å². The van der Waals surface area contributed by atoms with Gasteiger partial charge in [0.1, 0.15) is 12.4 Å². The van der Waals surface area contributed by atoms with Crippen molar-refractivity contribution in [3.8, 4) is 0 Å². The second-order valence-corrected chi connectivity index (χ2v) is 8.98. The van der Waals surface area contributed by atoms with E-state index >= 15 is 0 Å². The molecule has 0 bridgehead atoms. The molecule has 2 N–H and O–H groups in total. The summed E-state index contributed by atoms with van der Waals surface area (Å²) in [6, 6.07) is 6.41. The van der Waals surface area contributed by atoms with Gasteiger partial charge in [0.2, 0.25) is 11.8 Å². The van der Waals surface area contributed by atoms with Crippen LogP contribution in [0, 0.1) is 17.7 Å². The van der Waals surface area contributed by atoms with E-state index < -0.39 is 0 Å². The van der Waals surface area contributed by atoms with Crippen LogP contribution in [-0.4, -0.2) is 79.5 Å². The van der Waals surface area contributed by atoms with E-state index in [1.165, 1.54) is 6.07 Å². The first kappa shape index (κ1) is 22.4. The normalized spacial score (nSPS) is 25.8. The predicted molar refractivity (Wildman–Crippen MR) is 119 cm³/mol. The lowest BCUT2D eigenvalue weighted by molar-refractivity contribution is -0.136. The summed E-state index contributed by atoms with van der Waals surface area (Å²) in [5.74, 6) is -0.406. The van der Waals surface area contributed by atoms with Crippen molar-refractivity contribution in [3.05, 3.63) is 30.1 Å². The number of rotatable bonds is 4. The van der Waals surface area contributed by atoms with Crippen LogP contribution in [-0.2, 0) is 9.59 Å². The van der Waals surface area contributed by atoms with Crippen molar-refractivity contribution >= 4 is 23.5 Å². The van der Waals surface area contributed by atoms with Crippen LogP contribution in [0.2, 0.25) is 0 Å². The van der Waals surface area contributed by atoms with Gasteiger partial charge in [-0.1, -0.05) is 19.1 Å². The Bertz CT molecular complexity index is 858. The minimum Gasteiger partial charge on any atom is -0.366 e. The second kappa shape index (κ2) is 9.75. The maximum Gasteiger partial charge on any atom is 0.317 e. The standard InChI is InChI=1S/C23H32FN5O3/c1-2-7-25-23(32)29-14-17-12-16(13-19(17)26-21(30)15-29)22(31)28-10-8-27(9-11-28)20-6-4-3-5-18(20)24/h3-6,16-17,19H,2,7-15H2,1H3,(H,25,32)(H,26,30)/t16-,17+,19+/m0/s1. The van der Waals surface area contributed by atoms with E-state index in [0.29, 0.717) is 57.8 Å². The van der Waals surface area contributed by atoms with Gasteiger partial charge in [0.05, 0.1) is 5.69 Å². The Morgan fingerprint density at radius 2 is 1.88 bits per heavy atom. The van der Waals surface area contributed by atoms with Crippen molar-refractivity contribution < 1.29 is 18.8 Å². The van der Waals surface area contributed by atoms with Crippen LogP contribution in [0.15, 0.2) is 24.3 Å². The zero-order valence-electron chi connectivity index (χ0n) is 18.6. The number of fused-ring (bicyclic) bond motifs is 1. The molecule has 4 rings (SSSR count). The SMILES string of the molecule is CCCNC(=O)N1CC(=O)N[C@@H]2C[C@@H](C(=O)N3CCN(c4ccccc4F)CC3)C[C@@H]2C1. The molecule has 174 valence electrons. The highest BCUT2D eigenvalue weighted by Crippen LogP contribution is 2.35. The predicted octanol–water partition coefficient (Wildman–Crippen LogP) is 1.42. The minimum atomic E-state index is -0.244. The lowest BCUT2D eigenvalue weighted by atomic mass is 10.0. The molecular weight excluding hydrogens is 413 g/mol. The smallest absolute Gasteiger partial charge is 0.317 e. The number of carbonyl (C=O) groups excluding carboxylic acids is 3. The summed E-state index contributed by atoms with van der Waals surface area (Å²) in [5, 5.41) is 5.86. The summed E-state index contributed by atoms with van der Waals surface area (Å²) in [4.78, 5) is 43.3. The Morgan fingerprint density at radius 1 is 1.12 bits per heavy atom. The number of carbonyl (C=O) groups is 3. The number of nitrogens with one attached hydrogen (secondary N) is 2. The third-order valence-corrected chi connectivity index (χ3v) is 6.78. The van der Waals surface area contributed by atoms with E-state index in [1.54, 1.807) is 17.0 Å². The number of halogens is 1. The molecule has 0 radical (unpaired) electrons. The fourth-order valence-corrected chi connectivity index (χ4v) is 5.11. The van der Waals surface area contributed by atoms with Gasteiger partial charge in [-0.25, -0.2) is 9.18 Å². The molecule has 2 heterocycles. The molecule has 4 amide bonds. The zero-order chi connectivity index (χ0) is 22.7. The summed E-state index contributed by atoms with van der Waals surface area (Å²) < 4.78 is 14.1. The Labute approximate surface area is 188 Å². The molecule has 0 spiro atoms. The molecular formula is C23H32FN5O3. The van der Waals surface area contributed by atoms with E-state index in [0.717, 1.165) is 6.42 Å². The van der Waals surface area contributed by atoms with Crippen LogP contribution in [0.5, 0.6) is 0 Å². The molecule has 2 aliphatic heterocycles. The van der Waals surface area contributed by atoms with Crippen LogP contribution in [0.3, 0.4) is 0 Å². The average Bonchev–Trinajstić information content (AvgIpc) is 3.11. The van der Waals surface area contributed by atoms with E-state index in [1.807, 2.05) is 22.8 Å². The lowest BCUT2D eigenvalue weighted by Crippen LogP contribution is -2.50. The molecule has 0 unspecified atom stereocenters. The number of hydrogen-bond donors (Lipinski definition) is 2. The van der Waals surface area contributed by atoms with Crippen LogP contribution >= 0.6 is 0 Å². The van der Waals surface area contributed by atoms with Crippen molar-refractivity contribution in [1.29, 1.82) is 0 Å². The largest absolute Gasteiger partial charge is 0.366 e. The topological polar surface area (TPSA) is 85.0 Å². The minimum absolute atomic E-state index is 0.0547. The van der Waals surface area contributed by atoms with E-state index in [4.69, 9.17) is 0 Å². The number of anilines is 1. The number of nitrogens with zero attached hydrogens (tertiary/aromatic N) is 3. The first-order valence-electron chi connectivity index (χ1n) is 11.6. The van der Waals surface area contributed by atoms with Crippen molar-refractivity contribution in [2.45, 2.75) is 32.2 Å². The molecule has 1 aromatic rings. The van der Waals surface area contributed by atoms with Gasteiger partial charge in [0.15, 0.2) is 0 Å². The number of hydrogen-bond acceptors (Lipinski definition) is 4. The Morgan fingerprint density at radius 3 is 2.59 bits per heavy atom. The monoisotopic (exact) mass is 445 g/mol. The van der Waals surface area contributed by atoms with Gasteiger partial charge in [-0.15, -0.1) is 0 Å². The van der Waals surface area contributed by atoms with Crippen molar-refractivity contribution in [1.82, 2.24) is 20.4 Å². The van der Waals surface area contributed by atoms with E-state index in [2.05, 4.69) is 10.6 Å². The Kier molecular flexibility index (Phi) is 6.81. The first-order chi connectivity index (χ1) is 15.5. The molecule has 32 heavy (non-hydrogen) atoms. The summed E-state index contributed by atoms with van der Waals surface area (Å²) in [6.07, 6.45) is 2.10. The highest BCUT2D eigenvalue weighted by atomic mass is 19.1. The molecule has 0 aromatic heterocycles. The van der Waals surface area contributed by atoms with Gasteiger partial charge >= 0.3 is 6.03 Å². The summed E-state index contributed by atoms with van der Waals surface area (Å²) >= 11 is 0. The van der Waals surface area contributed by atoms with Crippen LogP contribution in [0.25, 0.3) is 0 Å². The van der Waals surface area contributed by atoms with Gasteiger partial charge in [0, 0.05) is 51.2 Å². The van der Waals surface area contributed by atoms with Crippen molar-refractivity contribution in [2.24, 2.45) is 11.8 Å². The summed E-state index contributed by atoms with van der Waals surface area (Å²) in [5.41, 5.74) is 0.576. The Balaban J connectivity index is 1.34. The second-order valence-electron chi connectivity index (χ2n) is 8.98. The van der Waals surface area contributed by atoms with Crippen LogP contribution in [0.1, 0.15) is 26.2 Å². The highest BCUT2D eigenvalue weighted by Gasteiger charge is 2.43. The summed E-state index contributed by atoms with van der Waals surface area (Å²) in [7, 11) is 0. The highest BCUT2D eigenvalue weighted by molar-refractivity contribution is 5.85. The molecule has 3 fully saturated rings. The number of piperazine rings is 1. The summed E-state index contributed by atoms with van der Waals surface area (Å²) in [6.45, 7) is 5.37. The third-order valence-electron chi connectivity index (χ3n) is 6.78.